The zero-order valence-electron chi connectivity index (χ0n) is 14.4. The van der Waals surface area contributed by atoms with Crippen LogP contribution in [-0.2, 0) is 9.53 Å². The minimum Gasteiger partial charge on any atom is -0.465 e. The maximum atomic E-state index is 12.1. The van der Waals surface area contributed by atoms with Gasteiger partial charge in [-0.1, -0.05) is 45.4 Å². The van der Waals surface area contributed by atoms with Crippen molar-refractivity contribution in [1.82, 2.24) is 0 Å². The van der Waals surface area contributed by atoms with E-state index in [0.717, 1.165) is 12.8 Å². The first-order chi connectivity index (χ1) is 10.4. The predicted molar refractivity (Wildman–Crippen MR) is 86.4 cm³/mol. The molecule has 0 bridgehead atoms. The van der Waals surface area contributed by atoms with E-state index in [0.29, 0.717) is 6.42 Å². The Kier molecular flexibility index (Phi) is 11.5. The van der Waals surface area contributed by atoms with Gasteiger partial charge in [-0.2, -0.15) is 0 Å². The van der Waals surface area contributed by atoms with Crippen LogP contribution in [0.4, 0.5) is 0 Å². The van der Waals surface area contributed by atoms with Gasteiger partial charge in [-0.3, -0.25) is 4.79 Å². The van der Waals surface area contributed by atoms with Crippen LogP contribution < -0.4 is 0 Å². The fourth-order valence-electron chi connectivity index (χ4n) is 2.16. The zero-order chi connectivity index (χ0) is 17.0. The molecule has 0 heterocycles. The number of hydrogen-bond acceptors (Lipinski definition) is 5. The van der Waals surface area contributed by atoms with Crippen molar-refractivity contribution in [2.24, 2.45) is 11.3 Å². The van der Waals surface area contributed by atoms with Gasteiger partial charge >= 0.3 is 5.97 Å². The summed E-state index contributed by atoms with van der Waals surface area (Å²) in [5, 5.41) is 28.1. The summed E-state index contributed by atoms with van der Waals surface area (Å²) in [4.78, 5) is 12.1. The summed E-state index contributed by atoms with van der Waals surface area (Å²) in [5.41, 5.74) is -0.973. The Labute approximate surface area is 134 Å². The summed E-state index contributed by atoms with van der Waals surface area (Å²) in [6.45, 7) is 5.03. The molecule has 1 unspecified atom stereocenters. The van der Waals surface area contributed by atoms with Crippen molar-refractivity contribution in [3.05, 3.63) is 0 Å². The Morgan fingerprint density at radius 1 is 1.05 bits per heavy atom. The third-order valence-corrected chi connectivity index (χ3v) is 4.16. The lowest BCUT2D eigenvalue weighted by Gasteiger charge is -2.29. The van der Waals surface area contributed by atoms with Gasteiger partial charge in [-0.05, 0) is 20.3 Å². The normalized spacial score (nSPS) is 13.4. The fourth-order valence-corrected chi connectivity index (χ4v) is 2.16. The van der Waals surface area contributed by atoms with Gasteiger partial charge in [0.05, 0.1) is 31.3 Å². The van der Waals surface area contributed by atoms with E-state index in [2.05, 4.69) is 6.92 Å². The second-order valence-electron chi connectivity index (χ2n) is 6.62. The Hall–Kier alpha value is -0.650. The maximum absolute atomic E-state index is 12.1. The van der Waals surface area contributed by atoms with Gasteiger partial charge in [0.25, 0.3) is 0 Å². The molecule has 0 saturated carbocycles. The van der Waals surface area contributed by atoms with Crippen molar-refractivity contribution in [3.8, 4) is 0 Å². The van der Waals surface area contributed by atoms with Crippen molar-refractivity contribution in [2.45, 2.75) is 71.8 Å². The summed E-state index contributed by atoms with van der Waals surface area (Å²) in [6, 6.07) is 0. The van der Waals surface area contributed by atoms with Crippen LogP contribution in [0.5, 0.6) is 0 Å². The second-order valence-corrected chi connectivity index (χ2v) is 6.62. The van der Waals surface area contributed by atoms with E-state index in [-0.39, 0.29) is 19.8 Å². The Morgan fingerprint density at radius 2 is 1.59 bits per heavy atom. The lowest BCUT2D eigenvalue weighted by molar-refractivity contribution is -0.163. The van der Waals surface area contributed by atoms with Crippen molar-refractivity contribution in [3.63, 3.8) is 0 Å². The molecule has 0 rings (SSSR count). The molecule has 0 fully saturated rings. The van der Waals surface area contributed by atoms with Gasteiger partial charge in [0.15, 0.2) is 0 Å². The summed E-state index contributed by atoms with van der Waals surface area (Å²) in [6.07, 6.45) is 6.66. The summed E-state index contributed by atoms with van der Waals surface area (Å²) >= 11 is 0. The highest BCUT2D eigenvalue weighted by Gasteiger charge is 2.37. The van der Waals surface area contributed by atoms with Gasteiger partial charge < -0.3 is 20.1 Å². The molecule has 0 aromatic carbocycles. The number of aliphatic hydroxyl groups is 3. The van der Waals surface area contributed by atoms with Gasteiger partial charge in [0, 0.05) is 5.92 Å². The van der Waals surface area contributed by atoms with Crippen LogP contribution in [0, 0.1) is 11.3 Å². The van der Waals surface area contributed by atoms with Crippen molar-refractivity contribution in [1.29, 1.82) is 0 Å². The Bertz CT molecular complexity index is 287. The maximum Gasteiger partial charge on any atom is 0.314 e. The molecule has 0 radical (unpaired) electrons. The lowest BCUT2D eigenvalue weighted by Crippen LogP contribution is -2.39. The van der Waals surface area contributed by atoms with Crippen molar-refractivity contribution in [2.75, 3.05) is 19.8 Å². The molecule has 22 heavy (non-hydrogen) atoms. The largest absolute Gasteiger partial charge is 0.465 e. The van der Waals surface area contributed by atoms with E-state index in [4.69, 9.17) is 14.9 Å². The topological polar surface area (TPSA) is 87.0 Å². The quantitative estimate of drug-likeness (QED) is 0.358. The summed E-state index contributed by atoms with van der Waals surface area (Å²) < 4.78 is 5.11. The number of ether oxygens (including phenoxy) is 1. The average Bonchev–Trinajstić information content (AvgIpc) is 2.51. The third-order valence-electron chi connectivity index (χ3n) is 4.16. The average molecular weight is 318 g/mol. The molecule has 0 aliphatic carbocycles. The molecule has 0 aliphatic heterocycles. The lowest BCUT2D eigenvalue weighted by atomic mass is 9.83. The van der Waals surface area contributed by atoms with E-state index < -0.39 is 23.4 Å². The molecule has 0 aliphatic rings. The van der Waals surface area contributed by atoms with Gasteiger partial charge in [0.1, 0.15) is 0 Å². The molecule has 5 heteroatoms. The second kappa shape index (κ2) is 11.9. The van der Waals surface area contributed by atoms with Gasteiger partial charge in [-0.25, -0.2) is 0 Å². The van der Waals surface area contributed by atoms with Crippen LogP contribution >= 0.6 is 0 Å². The highest BCUT2D eigenvalue weighted by Crippen LogP contribution is 2.27. The van der Waals surface area contributed by atoms with Crippen LogP contribution in [0.2, 0.25) is 0 Å². The SMILES string of the molecule is CCCCCCCCC(O)C(C)(C)C(=O)OCC(CO)CO. The van der Waals surface area contributed by atoms with E-state index in [1.54, 1.807) is 13.8 Å². The number of aliphatic hydroxyl groups excluding tert-OH is 3. The zero-order valence-corrected chi connectivity index (χ0v) is 14.4. The number of hydrogen-bond donors (Lipinski definition) is 3. The fraction of sp³-hybridized carbons (Fsp3) is 0.941. The van der Waals surface area contributed by atoms with Crippen molar-refractivity contribution >= 4 is 5.97 Å². The standard InChI is InChI=1S/C17H34O5/c1-4-5-6-7-8-9-10-15(20)17(2,3)16(21)22-13-14(11-18)12-19/h14-15,18-20H,4-13H2,1-3H3. The molecule has 5 nitrogen and oxygen atoms in total. The molecular formula is C17H34O5. The monoisotopic (exact) mass is 318 g/mol. The molecule has 0 amide bonds. The smallest absolute Gasteiger partial charge is 0.314 e. The summed E-state index contributed by atoms with van der Waals surface area (Å²) in [7, 11) is 0. The highest BCUT2D eigenvalue weighted by molar-refractivity contribution is 5.76. The number of rotatable bonds is 13. The van der Waals surface area contributed by atoms with Gasteiger partial charge in [-0.15, -0.1) is 0 Å². The molecule has 0 aromatic heterocycles. The first-order valence-corrected chi connectivity index (χ1v) is 8.47. The van der Waals surface area contributed by atoms with E-state index in [9.17, 15) is 9.90 Å². The number of unbranched alkanes of at least 4 members (excludes halogenated alkanes) is 5. The molecule has 0 spiro atoms. The van der Waals surface area contributed by atoms with Crippen LogP contribution in [-0.4, -0.2) is 47.2 Å². The van der Waals surface area contributed by atoms with Crippen LogP contribution in [0.1, 0.15) is 65.7 Å². The van der Waals surface area contributed by atoms with Crippen LogP contribution in [0.15, 0.2) is 0 Å². The third kappa shape index (κ3) is 8.11. The minimum atomic E-state index is -0.973. The first-order valence-electron chi connectivity index (χ1n) is 8.47. The van der Waals surface area contributed by atoms with Crippen LogP contribution in [0.3, 0.4) is 0 Å². The van der Waals surface area contributed by atoms with Crippen LogP contribution in [0.25, 0.3) is 0 Å². The Balaban J connectivity index is 4.08. The van der Waals surface area contributed by atoms with E-state index in [1.165, 1.54) is 25.7 Å². The van der Waals surface area contributed by atoms with E-state index >= 15 is 0 Å². The highest BCUT2D eigenvalue weighted by atomic mass is 16.5. The first kappa shape index (κ1) is 21.4. The molecule has 132 valence electrons. The summed E-state index contributed by atoms with van der Waals surface area (Å²) in [5.74, 6) is -0.951. The molecule has 3 N–H and O–H groups in total. The molecular weight excluding hydrogens is 284 g/mol. The molecule has 1 atom stereocenters. The Morgan fingerprint density at radius 3 is 2.14 bits per heavy atom. The van der Waals surface area contributed by atoms with Crippen molar-refractivity contribution < 1.29 is 24.9 Å². The minimum absolute atomic E-state index is 0.0288. The number of esters is 1. The number of carbonyl (C=O) groups excluding carboxylic acids is 1. The number of carbonyl (C=O) groups is 1. The predicted octanol–water partition coefficient (Wildman–Crippen LogP) is 2.27. The molecule has 0 aromatic rings. The van der Waals surface area contributed by atoms with E-state index in [1.807, 2.05) is 0 Å². The van der Waals surface area contributed by atoms with Gasteiger partial charge in [0.2, 0.25) is 0 Å². The molecule has 0 saturated heterocycles.